The second-order valence-electron chi connectivity index (χ2n) is 11.7. The minimum Gasteiger partial charge on any atom is -0.324 e. The van der Waals surface area contributed by atoms with Crippen LogP contribution in [0.1, 0.15) is 49.4 Å². The fourth-order valence-corrected chi connectivity index (χ4v) is 7.29. The molecule has 41 heavy (non-hydrogen) atoms. The van der Waals surface area contributed by atoms with Gasteiger partial charge in [-0.2, -0.15) is 13.2 Å². The predicted octanol–water partition coefficient (Wildman–Crippen LogP) is 6.20. The molecule has 2 unspecified atom stereocenters. The van der Waals surface area contributed by atoms with Crippen LogP contribution in [0.15, 0.2) is 24.4 Å². The highest BCUT2D eigenvalue weighted by Gasteiger charge is 2.72. The zero-order chi connectivity index (χ0) is 29.6. The maximum atomic E-state index is 13.8. The quantitative estimate of drug-likeness (QED) is 0.272. The average Bonchev–Trinajstić information content (AvgIpc) is 3.09. The van der Waals surface area contributed by atoms with Gasteiger partial charge in [0.15, 0.2) is 0 Å². The number of likely N-dealkylation sites (tertiary alicyclic amines) is 1. The molecule has 0 radical (unpaired) electrons. The number of amides is 3. The molecule has 1 N–H and O–H groups in total. The van der Waals surface area contributed by atoms with Crippen LogP contribution >= 0.6 is 11.3 Å². The first-order valence-corrected chi connectivity index (χ1v) is 13.9. The number of hydrogen-bond acceptors (Lipinski definition) is 6. The Morgan fingerprint density at radius 3 is 2.39 bits per heavy atom. The molecule has 3 aromatic rings. The van der Waals surface area contributed by atoms with E-state index in [9.17, 15) is 36.3 Å². The van der Waals surface area contributed by atoms with Gasteiger partial charge in [0.1, 0.15) is 5.69 Å². The van der Waals surface area contributed by atoms with Crippen LogP contribution in [0.2, 0.25) is 0 Å². The molecular formula is C28H25F5N4O3S. The first-order chi connectivity index (χ1) is 19.1. The van der Waals surface area contributed by atoms with E-state index >= 15 is 0 Å². The number of halogens is 5. The molecule has 3 fully saturated rings. The van der Waals surface area contributed by atoms with E-state index in [4.69, 9.17) is 0 Å². The SMILES string of the molecule is Cc1nc(C(F)(F)F)cc(-c2ccnc3cc(CN4C(=O)C5C(C4=O)C5(C)C)sc23)c1NC(=O)CC1CC(F)(F)C1. The lowest BCUT2D eigenvalue weighted by molar-refractivity contribution is -0.144. The zero-order valence-corrected chi connectivity index (χ0v) is 23.1. The number of carbonyl (C=O) groups excluding carboxylic acids is 3. The van der Waals surface area contributed by atoms with Crippen molar-refractivity contribution in [2.45, 2.75) is 58.7 Å². The van der Waals surface area contributed by atoms with Crippen molar-refractivity contribution in [1.29, 1.82) is 0 Å². The number of thiophene rings is 1. The maximum absolute atomic E-state index is 13.8. The highest BCUT2D eigenvalue weighted by Crippen LogP contribution is 2.63. The minimum absolute atomic E-state index is 0.0278. The summed E-state index contributed by atoms with van der Waals surface area (Å²) < 4.78 is 68.3. The number of aromatic nitrogens is 2. The number of nitrogens with one attached hydrogen (secondary N) is 1. The molecule has 0 aromatic carbocycles. The third kappa shape index (κ3) is 4.67. The number of carbonyl (C=O) groups is 3. The molecule has 2 atom stereocenters. The predicted molar refractivity (Wildman–Crippen MR) is 140 cm³/mol. The van der Waals surface area contributed by atoms with E-state index in [-0.39, 0.29) is 59.0 Å². The molecule has 4 heterocycles. The van der Waals surface area contributed by atoms with Crippen LogP contribution in [0.4, 0.5) is 27.6 Å². The van der Waals surface area contributed by atoms with Gasteiger partial charge in [-0.25, -0.2) is 13.8 Å². The average molecular weight is 593 g/mol. The van der Waals surface area contributed by atoms with Gasteiger partial charge < -0.3 is 5.32 Å². The second-order valence-corrected chi connectivity index (χ2v) is 12.9. The van der Waals surface area contributed by atoms with Crippen LogP contribution in [0.5, 0.6) is 0 Å². The molecule has 6 rings (SSSR count). The van der Waals surface area contributed by atoms with Crippen molar-refractivity contribution in [1.82, 2.24) is 14.9 Å². The van der Waals surface area contributed by atoms with Crippen molar-refractivity contribution >= 4 is 45.0 Å². The van der Waals surface area contributed by atoms with Gasteiger partial charge in [-0.1, -0.05) is 13.8 Å². The molecule has 1 saturated heterocycles. The normalized spacial score (nSPS) is 23.1. The zero-order valence-electron chi connectivity index (χ0n) is 22.2. The van der Waals surface area contributed by atoms with Crippen molar-refractivity contribution < 1.29 is 36.3 Å². The van der Waals surface area contributed by atoms with Crippen LogP contribution in [0.25, 0.3) is 21.3 Å². The van der Waals surface area contributed by atoms with Crippen molar-refractivity contribution in [3.8, 4) is 11.1 Å². The number of alkyl halides is 5. The van der Waals surface area contributed by atoms with Crippen molar-refractivity contribution in [2.75, 3.05) is 5.32 Å². The standard InChI is InChI=1S/C28H25F5N4O3S/c1-12-22(36-19(38)6-13-9-27(29,30)10-13)16(8-18(35-12)28(31,32)33)15-4-5-34-17-7-14(41-23(15)17)11-37-24(39)20-21(25(37)40)26(20,2)3/h4-5,7-8,13,20-21H,6,9-11H2,1-3H3,(H,36,38). The Bertz CT molecular complexity index is 1600. The first-order valence-electron chi connectivity index (χ1n) is 13.1. The lowest BCUT2D eigenvalue weighted by atomic mass is 9.79. The summed E-state index contributed by atoms with van der Waals surface area (Å²) in [6.45, 7) is 5.13. The van der Waals surface area contributed by atoms with Crippen molar-refractivity contribution in [2.24, 2.45) is 23.2 Å². The van der Waals surface area contributed by atoms with Crippen LogP contribution < -0.4 is 5.32 Å². The summed E-state index contributed by atoms with van der Waals surface area (Å²) in [5, 5.41) is 2.61. The number of hydrogen-bond donors (Lipinski definition) is 1. The number of rotatable bonds is 6. The molecule has 3 aliphatic rings. The summed E-state index contributed by atoms with van der Waals surface area (Å²) in [7, 11) is 0. The molecule has 0 spiro atoms. The van der Waals surface area contributed by atoms with Crippen molar-refractivity contribution in [3.05, 3.63) is 40.7 Å². The van der Waals surface area contributed by atoms with Crippen molar-refractivity contribution in [3.63, 3.8) is 0 Å². The maximum Gasteiger partial charge on any atom is 0.433 e. The molecule has 2 saturated carbocycles. The third-order valence-electron chi connectivity index (χ3n) is 8.36. The monoisotopic (exact) mass is 592 g/mol. The van der Waals surface area contributed by atoms with E-state index in [1.807, 2.05) is 13.8 Å². The second kappa shape index (κ2) is 9.01. The summed E-state index contributed by atoms with van der Waals surface area (Å²) in [4.78, 5) is 48.3. The van der Waals surface area contributed by atoms with Crippen LogP contribution in [-0.2, 0) is 27.1 Å². The number of piperidine rings is 1. The van der Waals surface area contributed by atoms with Gasteiger partial charge in [-0.3, -0.25) is 24.3 Å². The van der Waals surface area contributed by atoms with E-state index in [1.54, 1.807) is 6.07 Å². The van der Waals surface area contributed by atoms with Crippen LogP contribution in [-0.4, -0.2) is 38.5 Å². The molecule has 3 aromatic heterocycles. The summed E-state index contributed by atoms with van der Waals surface area (Å²) in [6, 6.07) is 4.05. The summed E-state index contributed by atoms with van der Waals surface area (Å²) in [5.41, 5.74) is -0.703. The smallest absolute Gasteiger partial charge is 0.324 e. The van der Waals surface area contributed by atoms with Gasteiger partial charge in [-0.05, 0) is 36.5 Å². The Hall–Kier alpha value is -3.48. The molecule has 7 nitrogen and oxygen atoms in total. The fourth-order valence-electron chi connectivity index (χ4n) is 6.16. The van der Waals surface area contributed by atoms with E-state index in [1.165, 1.54) is 35.4 Å². The molecule has 3 amide bonds. The third-order valence-corrected chi connectivity index (χ3v) is 9.50. The lowest BCUT2D eigenvalue weighted by Crippen LogP contribution is -2.37. The van der Waals surface area contributed by atoms with E-state index < -0.39 is 42.5 Å². The lowest BCUT2D eigenvalue weighted by Gasteiger charge is -2.34. The van der Waals surface area contributed by atoms with Gasteiger partial charge in [0.2, 0.25) is 23.6 Å². The number of imide groups is 1. The summed E-state index contributed by atoms with van der Waals surface area (Å²) in [5.74, 6) is -5.05. The number of aryl methyl sites for hydroxylation is 1. The largest absolute Gasteiger partial charge is 0.433 e. The highest BCUT2D eigenvalue weighted by atomic mass is 32.1. The highest BCUT2D eigenvalue weighted by molar-refractivity contribution is 7.19. The topological polar surface area (TPSA) is 92.3 Å². The van der Waals surface area contributed by atoms with Gasteiger partial charge >= 0.3 is 6.18 Å². The van der Waals surface area contributed by atoms with Gasteiger partial charge in [0.05, 0.1) is 40.0 Å². The number of fused-ring (bicyclic) bond motifs is 2. The number of anilines is 1. The molecule has 2 aliphatic carbocycles. The van der Waals surface area contributed by atoms with E-state index in [0.717, 1.165) is 6.07 Å². The Labute approximate surface area is 235 Å². The Kier molecular flexibility index (Phi) is 6.08. The summed E-state index contributed by atoms with van der Waals surface area (Å²) in [6.07, 6.45) is -4.37. The molecule has 216 valence electrons. The van der Waals surface area contributed by atoms with Crippen LogP contribution in [0.3, 0.4) is 0 Å². The Balaban J connectivity index is 1.35. The molecule has 13 heteroatoms. The molecule has 0 bridgehead atoms. The number of pyridine rings is 2. The fraction of sp³-hybridized carbons (Fsp3) is 0.464. The van der Waals surface area contributed by atoms with Crippen LogP contribution in [0, 0.1) is 30.1 Å². The van der Waals surface area contributed by atoms with E-state index in [0.29, 0.717) is 20.7 Å². The minimum atomic E-state index is -4.77. The van der Waals surface area contributed by atoms with Gasteiger partial charge in [0, 0.05) is 41.5 Å². The number of nitrogens with zero attached hydrogens (tertiary/aromatic N) is 3. The van der Waals surface area contributed by atoms with Gasteiger partial charge in [0.25, 0.3) is 0 Å². The van der Waals surface area contributed by atoms with Gasteiger partial charge in [-0.15, -0.1) is 11.3 Å². The first kappa shape index (κ1) is 27.7. The summed E-state index contributed by atoms with van der Waals surface area (Å²) >= 11 is 1.19. The Morgan fingerprint density at radius 1 is 1.12 bits per heavy atom. The molecule has 1 aliphatic heterocycles. The Morgan fingerprint density at radius 2 is 1.78 bits per heavy atom. The van der Waals surface area contributed by atoms with E-state index in [2.05, 4.69) is 15.3 Å². The molecular weight excluding hydrogens is 567 g/mol.